The quantitative estimate of drug-likeness (QED) is 0.500. The number of aryl methyl sites for hydroxylation is 1. The minimum absolute atomic E-state index is 0.0303. The van der Waals surface area contributed by atoms with E-state index in [-0.39, 0.29) is 22.6 Å². The molecule has 0 bridgehead atoms. The summed E-state index contributed by atoms with van der Waals surface area (Å²) in [5.41, 5.74) is 3.73. The lowest BCUT2D eigenvalue weighted by atomic mass is 10.1. The monoisotopic (exact) mass is 399 g/mol. The highest BCUT2D eigenvalue weighted by molar-refractivity contribution is 7.97. The van der Waals surface area contributed by atoms with E-state index in [1.807, 2.05) is 13.0 Å². The zero-order valence-corrected chi connectivity index (χ0v) is 16.4. The fourth-order valence-electron chi connectivity index (χ4n) is 2.63. The van der Waals surface area contributed by atoms with Crippen LogP contribution in [0.15, 0.2) is 41.5 Å². The molecule has 144 valence electrons. The lowest BCUT2D eigenvalue weighted by Gasteiger charge is -2.19. The molecule has 0 saturated heterocycles. The molecule has 0 aliphatic rings. The van der Waals surface area contributed by atoms with Gasteiger partial charge in [0.25, 0.3) is 5.56 Å². The molecule has 28 heavy (non-hydrogen) atoms. The van der Waals surface area contributed by atoms with E-state index in [4.69, 9.17) is 4.74 Å². The molecule has 0 aliphatic heterocycles. The smallest absolute Gasteiger partial charge is 0.261 e. The summed E-state index contributed by atoms with van der Waals surface area (Å²) in [5.74, 6) is 0.187. The van der Waals surface area contributed by atoms with Crippen molar-refractivity contribution in [2.75, 3.05) is 18.2 Å². The lowest BCUT2D eigenvalue weighted by molar-refractivity contribution is 0.441. The molecule has 1 N–H and O–H groups in total. The third-order valence-electron chi connectivity index (χ3n) is 3.93. The van der Waals surface area contributed by atoms with Crippen LogP contribution in [0, 0.1) is 17.1 Å². The number of anilines is 1. The third-order valence-corrected chi connectivity index (χ3v) is 4.67. The fourth-order valence-corrected chi connectivity index (χ4v) is 3.18. The molecular weight excluding hydrogens is 381 g/mol. The Balaban J connectivity index is 2.02. The van der Waals surface area contributed by atoms with Crippen molar-refractivity contribution in [2.24, 2.45) is 7.05 Å². The van der Waals surface area contributed by atoms with Crippen molar-refractivity contribution in [1.82, 2.24) is 14.0 Å². The number of benzene rings is 2. The van der Waals surface area contributed by atoms with Gasteiger partial charge in [-0.3, -0.25) is 4.79 Å². The van der Waals surface area contributed by atoms with Gasteiger partial charge < -0.3 is 14.7 Å². The van der Waals surface area contributed by atoms with Crippen molar-refractivity contribution in [3.05, 3.63) is 58.4 Å². The van der Waals surface area contributed by atoms with E-state index >= 15 is 0 Å². The van der Waals surface area contributed by atoms with Gasteiger partial charge in [-0.05, 0) is 30.3 Å². The average Bonchev–Trinajstić information content (AvgIpc) is 2.68. The Morgan fingerprint density at radius 1 is 1.39 bits per heavy atom. The molecule has 3 aromatic rings. The van der Waals surface area contributed by atoms with Gasteiger partial charge in [0.1, 0.15) is 17.4 Å². The van der Waals surface area contributed by atoms with Crippen LogP contribution in [-0.2, 0) is 7.05 Å². The molecule has 1 aromatic heterocycles. The Labute approximate surface area is 165 Å². The van der Waals surface area contributed by atoms with Gasteiger partial charge in [0.2, 0.25) is 0 Å². The number of nitriles is 1. The van der Waals surface area contributed by atoms with Crippen molar-refractivity contribution in [1.29, 1.82) is 5.26 Å². The van der Waals surface area contributed by atoms with E-state index in [2.05, 4.69) is 10.4 Å². The maximum absolute atomic E-state index is 14.4. The number of nitrogens with one attached hydrogen (secondary N) is 1. The van der Waals surface area contributed by atoms with Crippen LogP contribution >= 0.6 is 11.9 Å². The van der Waals surface area contributed by atoms with Crippen molar-refractivity contribution in [3.8, 4) is 17.6 Å². The van der Waals surface area contributed by atoms with Crippen LogP contribution in [0.5, 0.6) is 11.5 Å². The standard InChI is InChI=1S/C19H18FN5O2S/c1-4-28-25(3)23-17-8-6-15(20)18(14(17)10-21)27-12-5-7-16-13(9-12)19(26)24(2)11-22-16/h5-9,11,23H,4H2,1-3H3. The van der Waals surface area contributed by atoms with Gasteiger partial charge >= 0.3 is 0 Å². The minimum Gasteiger partial charge on any atom is -0.453 e. The third kappa shape index (κ3) is 3.93. The Morgan fingerprint density at radius 3 is 2.89 bits per heavy atom. The van der Waals surface area contributed by atoms with Crippen LogP contribution < -0.4 is 15.7 Å². The van der Waals surface area contributed by atoms with Crippen molar-refractivity contribution in [2.45, 2.75) is 6.92 Å². The zero-order chi connectivity index (χ0) is 20.3. The second-order valence-corrected chi connectivity index (χ2v) is 7.26. The van der Waals surface area contributed by atoms with Crippen LogP contribution in [0.2, 0.25) is 0 Å². The summed E-state index contributed by atoms with van der Waals surface area (Å²) in [6, 6.07) is 9.38. The number of hydrogen-bond acceptors (Lipinski definition) is 7. The predicted octanol–water partition coefficient (Wildman–Crippen LogP) is 3.66. The number of fused-ring (bicyclic) bond motifs is 1. The van der Waals surface area contributed by atoms with Crippen LogP contribution in [0.25, 0.3) is 10.9 Å². The fraction of sp³-hybridized carbons (Fsp3) is 0.211. The minimum atomic E-state index is -0.674. The first-order valence-corrected chi connectivity index (χ1v) is 9.38. The number of hydrogen-bond donors (Lipinski definition) is 1. The molecule has 0 fully saturated rings. The Morgan fingerprint density at radius 2 is 2.18 bits per heavy atom. The van der Waals surface area contributed by atoms with Crippen molar-refractivity contribution in [3.63, 3.8) is 0 Å². The SMILES string of the molecule is CCSN(C)Nc1ccc(F)c(Oc2ccc3ncn(C)c(=O)c3c2)c1C#N. The van der Waals surface area contributed by atoms with Crippen LogP contribution in [0.4, 0.5) is 10.1 Å². The van der Waals surface area contributed by atoms with E-state index in [0.29, 0.717) is 16.6 Å². The van der Waals surface area contributed by atoms with Gasteiger partial charge in [-0.2, -0.15) is 9.68 Å². The summed E-state index contributed by atoms with van der Waals surface area (Å²) in [7, 11) is 3.39. The van der Waals surface area contributed by atoms with Gasteiger partial charge in [0.05, 0.1) is 22.9 Å². The number of rotatable bonds is 6. The highest BCUT2D eigenvalue weighted by atomic mass is 32.2. The molecule has 0 amide bonds. The van der Waals surface area contributed by atoms with Gasteiger partial charge in [-0.1, -0.05) is 18.9 Å². The predicted molar refractivity (Wildman–Crippen MR) is 108 cm³/mol. The molecule has 0 aliphatic carbocycles. The van der Waals surface area contributed by atoms with Crippen LogP contribution in [0.3, 0.4) is 0 Å². The molecule has 0 atom stereocenters. The number of hydrazine groups is 1. The number of aromatic nitrogens is 2. The van der Waals surface area contributed by atoms with Crippen molar-refractivity contribution < 1.29 is 9.13 Å². The normalized spacial score (nSPS) is 10.9. The number of halogens is 1. The largest absolute Gasteiger partial charge is 0.453 e. The molecule has 0 unspecified atom stereocenters. The second kappa shape index (κ2) is 8.29. The highest BCUT2D eigenvalue weighted by Crippen LogP contribution is 2.34. The first-order chi connectivity index (χ1) is 13.4. The summed E-state index contributed by atoms with van der Waals surface area (Å²) in [6.07, 6.45) is 1.43. The van der Waals surface area contributed by atoms with E-state index in [1.165, 1.54) is 41.0 Å². The van der Waals surface area contributed by atoms with Gasteiger partial charge in [0.15, 0.2) is 11.6 Å². The van der Waals surface area contributed by atoms with Crippen molar-refractivity contribution >= 4 is 28.5 Å². The summed E-state index contributed by atoms with van der Waals surface area (Å²) in [4.78, 5) is 16.5. The molecule has 1 heterocycles. The molecule has 9 heteroatoms. The van der Waals surface area contributed by atoms with Crippen LogP contribution in [-0.4, -0.2) is 26.8 Å². The first-order valence-electron chi connectivity index (χ1n) is 8.43. The highest BCUT2D eigenvalue weighted by Gasteiger charge is 2.17. The second-order valence-electron chi connectivity index (χ2n) is 5.88. The maximum Gasteiger partial charge on any atom is 0.261 e. The molecule has 0 saturated carbocycles. The molecule has 7 nitrogen and oxygen atoms in total. The molecular formula is C19H18FN5O2S. The summed E-state index contributed by atoms with van der Waals surface area (Å²) < 4.78 is 23.2. The number of nitrogens with zero attached hydrogens (tertiary/aromatic N) is 4. The molecule has 0 spiro atoms. The molecule has 3 rings (SSSR count). The van der Waals surface area contributed by atoms with Gasteiger partial charge in [-0.25, -0.2) is 9.37 Å². The summed E-state index contributed by atoms with van der Waals surface area (Å²) in [5, 5.41) is 9.91. The topological polar surface area (TPSA) is 83.2 Å². The lowest BCUT2D eigenvalue weighted by Crippen LogP contribution is -2.18. The Bertz CT molecular complexity index is 1130. The van der Waals surface area contributed by atoms with E-state index < -0.39 is 5.82 Å². The molecule has 2 aromatic carbocycles. The Kier molecular flexibility index (Phi) is 5.82. The van der Waals surface area contributed by atoms with Crippen LogP contribution in [0.1, 0.15) is 12.5 Å². The van der Waals surface area contributed by atoms with E-state index in [9.17, 15) is 14.4 Å². The summed E-state index contributed by atoms with van der Waals surface area (Å²) in [6.45, 7) is 1.99. The van der Waals surface area contributed by atoms with E-state index in [1.54, 1.807) is 30.6 Å². The van der Waals surface area contributed by atoms with E-state index in [0.717, 1.165) is 5.75 Å². The summed E-state index contributed by atoms with van der Waals surface area (Å²) >= 11 is 1.50. The Hall–Kier alpha value is -3.09. The number of ether oxygens (including phenoxy) is 1. The molecule has 0 radical (unpaired) electrons. The van der Waals surface area contributed by atoms with Gasteiger partial charge in [0, 0.05) is 19.8 Å². The van der Waals surface area contributed by atoms with Gasteiger partial charge in [-0.15, -0.1) is 0 Å². The first kappa shape index (κ1) is 19.7. The average molecular weight is 399 g/mol. The zero-order valence-electron chi connectivity index (χ0n) is 15.6. The maximum atomic E-state index is 14.4.